The number of fused-ring (bicyclic) bond motifs is 1. The number of carbonyl (C=O) groups is 2. The van der Waals surface area contributed by atoms with E-state index in [1.807, 2.05) is 18.2 Å². The Labute approximate surface area is 157 Å². The second-order valence-corrected chi connectivity index (χ2v) is 7.74. The molecule has 4 heteroatoms. The van der Waals surface area contributed by atoms with Crippen LogP contribution in [0.2, 0.25) is 0 Å². The molecule has 3 rings (SSSR count). The van der Waals surface area contributed by atoms with Gasteiger partial charge in [-0.15, -0.1) is 0 Å². The van der Waals surface area contributed by atoms with Gasteiger partial charge in [0.05, 0.1) is 5.92 Å². The van der Waals surface area contributed by atoms with Gasteiger partial charge in [0, 0.05) is 25.6 Å². The van der Waals surface area contributed by atoms with Crippen molar-refractivity contribution in [1.29, 1.82) is 0 Å². The van der Waals surface area contributed by atoms with Crippen molar-refractivity contribution in [3.05, 3.63) is 35.9 Å². The van der Waals surface area contributed by atoms with E-state index in [1.54, 1.807) is 0 Å². The molecule has 2 amide bonds. The Kier molecular flexibility index (Phi) is 7.10. The second kappa shape index (κ2) is 9.75. The lowest BCUT2D eigenvalue weighted by Crippen LogP contribution is -2.51. The molecule has 1 heterocycles. The van der Waals surface area contributed by atoms with Crippen molar-refractivity contribution < 1.29 is 9.59 Å². The van der Waals surface area contributed by atoms with Crippen LogP contribution < -0.4 is 5.32 Å². The van der Waals surface area contributed by atoms with Gasteiger partial charge >= 0.3 is 0 Å². The van der Waals surface area contributed by atoms with Gasteiger partial charge in [0.25, 0.3) is 0 Å². The SMILES string of the molecule is O=C1NCCCCCCN(C(=O)CCc2ccccc2)C2CCCCC12. The topological polar surface area (TPSA) is 49.4 Å². The Bertz CT molecular complexity index is 587. The van der Waals surface area contributed by atoms with Gasteiger partial charge in [-0.3, -0.25) is 9.59 Å². The van der Waals surface area contributed by atoms with Crippen LogP contribution in [0.4, 0.5) is 0 Å². The van der Waals surface area contributed by atoms with Crippen LogP contribution in [0.3, 0.4) is 0 Å². The first-order valence-electron chi connectivity index (χ1n) is 10.4. The lowest BCUT2D eigenvalue weighted by Gasteiger charge is -2.39. The summed E-state index contributed by atoms with van der Waals surface area (Å²) in [5.41, 5.74) is 1.21. The number of nitrogens with one attached hydrogen (secondary N) is 1. The van der Waals surface area contributed by atoms with Crippen LogP contribution in [-0.4, -0.2) is 35.8 Å². The number of aryl methyl sites for hydroxylation is 1. The molecule has 26 heavy (non-hydrogen) atoms. The third-order valence-electron chi connectivity index (χ3n) is 5.88. The van der Waals surface area contributed by atoms with E-state index in [0.29, 0.717) is 6.42 Å². The number of hydrogen-bond donors (Lipinski definition) is 1. The monoisotopic (exact) mass is 356 g/mol. The molecular weight excluding hydrogens is 324 g/mol. The maximum absolute atomic E-state index is 13.1. The Balaban J connectivity index is 1.71. The predicted octanol–water partition coefficient (Wildman–Crippen LogP) is 3.70. The van der Waals surface area contributed by atoms with Gasteiger partial charge in [-0.2, -0.15) is 0 Å². The smallest absolute Gasteiger partial charge is 0.225 e. The summed E-state index contributed by atoms with van der Waals surface area (Å²) in [4.78, 5) is 27.8. The third-order valence-corrected chi connectivity index (χ3v) is 5.88. The van der Waals surface area contributed by atoms with E-state index in [0.717, 1.165) is 70.9 Å². The summed E-state index contributed by atoms with van der Waals surface area (Å²) in [7, 11) is 0. The second-order valence-electron chi connectivity index (χ2n) is 7.74. The van der Waals surface area contributed by atoms with Crippen molar-refractivity contribution in [3.63, 3.8) is 0 Å². The number of nitrogens with zero attached hydrogens (tertiary/aromatic N) is 1. The summed E-state index contributed by atoms with van der Waals surface area (Å²) in [6.45, 7) is 1.59. The molecule has 4 nitrogen and oxygen atoms in total. The van der Waals surface area contributed by atoms with Crippen molar-refractivity contribution in [2.45, 2.75) is 70.3 Å². The molecule has 2 fully saturated rings. The average Bonchev–Trinajstić information content (AvgIpc) is 2.72. The Morgan fingerprint density at radius 2 is 1.77 bits per heavy atom. The minimum atomic E-state index is -0.0254. The lowest BCUT2D eigenvalue weighted by molar-refractivity contribution is -0.138. The van der Waals surface area contributed by atoms with Crippen molar-refractivity contribution >= 4 is 11.8 Å². The van der Waals surface area contributed by atoms with Gasteiger partial charge in [0.1, 0.15) is 0 Å². The normalized spacial score (nSPS) is 24.9. The largest absolute Gasteiger partial charge is 0.356 e. The van der Waals surface area contributed by atoms with E-state index in [2.05, 4.69) is 22.3 Å². The van der Waals surface area contributed by atoms with Gasteiger partial charge in [-0.1, -0.05) is 56.0 Å². The molecule has 0 bridgehead atoms. The molecule has 0 aromatic heterocycles. The summed E-state index contributed by atoms with van der Waals surface area (Å²) in [6.07, 6.45) is 9.78. The van der Waals surface area contributed by atoms with E-state index < -0.39 is 0 Å². The minimum absolute atomic E-state index is 0.0254. The van der Waals surface area contributed by atoms with Crippen LogP contribution in [-0.2, 0) is 16.0 Å². The highest BCUT2D eigenvalue weighted by Gasteiger charge is 2.36. The van der Waals surface area contributed by atoms with Crippen molar-refractivity contribution in [2.75, 3.05) is 13.1 Å². The highest BCUT2D eigenvalue weighted by Crippen LogP contribution is 2.30. The molecule has 1 aromatic carbocycles. The molecule has 1 aliphatic heterocycles. The fourth-order valence-corrected chi connectivity index (χ4v) is 4.41. The van der Waals surface area contributed by atoms with E-state index in [-0.39, 0.29) is 23.8 Å². The molecule has 0 spiro atoms. The number of benzene rings is 1. The predicted molar refractivity (Wildman–Crippen MR) is 104 cm³/mol. The van der Waals surface area contributed by atoms with E-state index in [1.165, 1.54) is 5.56 Å². The zero-order valence-corrected chi connectivity index (χ0v) is 15.8. The highest BCUT2D eigenvalue weighted by atomic mass is 16.2. The first kappa shape index (κ1) is 18.9. The first-order valence-corrected chi connectivity index (χ1v) is 10.4. The standard InChI is InChI=1S/C22H32N2O2/c25-21(15-14-18-10-4-3-5-11-18)24-17-9-2-1-8-16-23-22(26)19-12-6-7-13-20(19)24/h3-5,10-11,19-20H,1-2,6-9,12-17H2,(H,23,26). The molecular formula is C22H32N2O2. The van der Waals surface area contributed by atoms with Gasteiger partial charge < -0.3 is 10.2 Å². The molecule has 2 aliphatic rings. The number of amides is 2. The fourth-order valence-electron chi connectivity index (χ4n) is 4.41. The molecule has 1 aliphatic carbocycles. The molecule has 0 radical (unpaired) electrons. The number of carbonyl (C=O) groups excluding carboxylic acids is 2. The zero-order chi connectivity index (χ0) is 18.2. The summed E-state index contributed by atoms with van der Waals surface area (Å²) < 4.78 is 0. The summed E-state index contributed by atoms with van der Waals surface area (Å²) >= 11 is 0. The van der Waals surface area contributed by atoms with Crippen LogP contribution in [0.1, 0.15) is 63.4 Å². The van der Waals surface area contributed by atoms with Crippen molar-refractivity contribution in [2.24, 2.45) is 5.92 Å². The Morgan fingerprint density at radius 3 is 2.62 bits per heavy atom. The van der Waals surface area contributed by atoms with E-state index >= 15 is 0 Å². The highest BCUT2D eigenvalue weighted by molar-refractivity contribution is 5.82. The Morgan fingerprint density at radius 1 is 1.00 bits per heavy atom. The zero-order valence-electron chi connectivity index (χ0n) is 15.8. The van der Waals surface area contributed by atoms with Crippen LogP contribution in [0.5, 0.6) is 0 Å². The maximum Gasteiger partial charge on any atom is 0.225 e. The molecule has 142 valence electrons. The quantitative estimate of drug-likeness (QED) is 0.898. The van der Waals surface area contributed by atoms with E-state index in [4.69, 9.17) is 0 Å². The minimum Gasteiger partial charge on any atom is -0.356 e. The average molecular weight is 357 g/mol. The van der Waals surface area contributed by atoms with Crippen molar-refractivity contribution in [1.82, 2.24) is 10.2 Å². The fraction of sp³-hybridized carbons (Fsp3) is 0.636. The van der Waals surface area contributed by atoms with Gasteiger partial charge in [0.2, 0.25) is 11.8 Å². The van der Waals surface area contributed by atoms with Gasteiger partial charge in [-0.05, 0) is 37.7 Å². The first-order chi connectivity index (χ1) is 12.8. The van der Waals surface area contributed by atoms with Crippen LogP contribution in [0.25, 0.3) is 0 Å². The summed E-state index contributed by atoms with van der Waals surface area (Å²) in [6, 6.07) is 10.3. The van der Waals surface area contributed by atoms with Crippen LogP contribution in [0.15, 0.2) is 30.3 Å². The molecule has 1 aromatic rings. The third kappa shape index (κ3) is 5.09. The lowest BCUT2D eigenvalue weighted by atomic mass is 9.82. The molecule has 1 saturated heterocycles. The summed E-state index contributed by atoms with van der Waals surface area (Å²) in [5, 5.41) is 3.12. The van der Waals surface area contributed by atoms with Crippen molar-refractivity contribution in [3.8, 4) is 0 Å². The maximum atomic E-state index is 13.1. The molecule has 2 unspecified atom stereocenters. The van der Waals surface area contributed by atoms with E-state index in [9.17, 15) is 9.59 Å². The van der Waals surface area contributed by atoms with Crippen LogP contribution >= 0.6 is 0 Å². The Hall–Kier alpha value is -1.84. The van der Waals surface area contributed by atoms with Gasteiger partial charge in [-0.25, -0.2) is 0 Å². The molecule has 1 saturated carbocycles. The van der Waals surface area contributed by atoms with Gasteiger partial charge in [0.15, 0.2) is 0 Å². The molecule has 1 N–H and O–H groups in total. The van der Waals surface area contributed by atoms with Crippen LogP contribution in [0, 0.1) is 5.92 Å². The summed E-state index contributed by atoms with van der Waals surface area (Å²) in [5.74, 6) is 0.359. The molecule has 2 atom stereocenters. The number of hydrogen-bond acceptors (Lipinski definition) is 2. The number of rotatable bonds is 3.